The van der Waals surface area contributed by atoms with Crippen LogP contribution in [0.4, 0.5) is 4.39 Å². The van der Waals surface area contributed by atoms with E-state index in [2.05, 4.69) is 22.2 Å². The molecule has 0 radical (unpaired) electrons. The zero-order valence-electron chi connectivity index (χ0n) is 10.5. The zero-order valence-corrected chi connectivity index (χ0v) is 11.3. The van der Waals surface area contributed by atoms with Gasteiger partial charge in [-0.05, 0) is 25.5 Å². The van der Waals surface area contributed by atoms with Gasteiger partial charge in [-0.1, -0.05) is 6.92 Å². The summed E-state index contributed by atoms with van der Waals surface area (Å²) >= 11 is 1.65. The molecule has 0 amide bonds. The summed E-state index contributed by atoms with van der Waals surface area (Å²) in [5.41, 5.74) is 1.91. The van der Waals surface area contributed by atoms with Crippen molar-refractivity contribution >= 4 is 11.3 Å². The molecule has 2 heterocycles. The second kappa shape index (κ2) is 6.02. The highest BCUT2D eigenvalue weighted by molar-refractivity contribution is 7.09. The maximum Gasteiger partial charge on any atom is 0.141 e. The van der Waals surface area contributed by atoms with Crippen LogP contribution in [0.25, 0.3) is 0 Å². The van der Waals surface area contributed by atoms with Crippen LogP contribution >= 0.6 is 11.3 Å². The van der Waals surface area contributed by atoms with Crippen molar-refractivity contribution in [2.75, 3.05) is 0 Å². The molecule has 5 heteroatoms. The molecule has 0 aliphatic rings. The Bertz CT molecular complexity index is 495. The molecule has 0 saturated heterocycles. The third-order valence-electron chi connectivity index (χ3n) is 2.68. The van der Waals surface area contributed by atoms with E-state index in [0.717, 1.165) is 29.4 Å². The van der Waals surface area contributed by atoms with Gasteiger partial charge in [-0.15, -0.1) is 11.3 Å². The molecule has 0 aliphatic heterocycles. The number of hydrogen-bond donors (Lipinski definition) is 1. The first-order valence-corrected chi connectivity index (χ1v) is 6.83. The van der Waals surface area contributed by atoms with Gasteiger partial charge in [0.2, 0.25) is 0 Å². The topological polar surface area (TPSA) is 37.8 Å². The average Bonchev–Trinajstić information content (AvgIpc) is 2.78. The van der Waals surface area contributed by atoms with Crippen LogP contribution in [-0.4, -0.2) is 9.97 Å². The Hall–Kier alpha value is -1.33. The van der Waals surface area contributed by atoms with Crippen molar-refractivity contribution in [2.45, 2.75) is 32.9 Å². The highest BCUT2D eigenvalue weighted by Crippen LogP contribution is 2.16. The van der Waals surface area contributed by atoms with E-state index in [1.807, 2.05) is 12.3 Å². The van der Waals surface area contributed by atoms with Gasteiger partial charge in [0.05, 0.1) is 11.9 Å². The first-order chi connectivity index (χ1) is 8.69. The maximum atomic E-state index is 12.8. The molecule has 1 N–H and O–H groups in total. The Morgan fingerprint density at radius 3 is 2.83 bits per heavy atom. The molecule has 96 valence electrons. The van der Waals surface area contributed by atoms with E-state index in [4.69, 9.17) is 0 Å². The van der Waals surface area contributed by atoms with E-state index in [1.165, 1.54) is 12.3 Å². The molecular formula is C13H16FN3S. The van der Waals surface area contributed by atoms with Gasteiger partial charge in [0, 0.05) is 23.7 Å². The fraction of sp³-hybridized carbons (Fsp3) is 0.385. The quantitative estimate of drug-likeness (QED) is 0.902. The predicted octanol–water partition coefficient (Wildman–Crippen LogP) is 3.23. The second-order valence-electron chi connectivity index (χ2n) is 4.13. The summed E-state index contributed by atoms with van der Waals surface area (Å²) in [7, 11) is 0. The van der Waals surface area contributed by atoms with Gasteiger partial charge in [0.25, 0.3) is 0 Å². The van der Waals surface area contributed by atoms with Crippen LogP contribution in [0.3, 0.4) is 0 Å². The highest BCUT2D eigenvalue weighted by Gasteiger charge is 2.11. The van der Waals surface area contributed by atoms with E-state index < -0.39 is 0 Å². The van der Waals surface area contributed by atoms with Crippen molar-refractivity contribution < 1.29 is 4.39 Å². The maximum absolute atomic E-state index is 12.8. The van der Waals surface area contributed by atoms with Gasteiger partial charge < -0.3 is 5.32 Å². The number of thiazole rings is 1. The zero-order chi connectivity index (χ0) is 13.0. The Kier molecular flexibility index (Phi) is 4.38. The Balaban J connectivity index is 1.99. The molecule has 0 bridgehead atoms. The molecule has 1 atom stereocenters. The summed E-state index contributed by atoms with van der Waals surface area (Å²) in [4.78, 5) is 8.51. The lowest BCUT2D eigenvalue weighted by Gasteiger charge is -2.15. The second-order valence-corrected chi connectivity index (χ2v) is 5.07. The van der Waals surface area contributed by atoms with E-state index >= 15 is 0 Å². The fourth-order valence-electron chi connectivity index (χ4n) is 1.75. The third kappa shape index (κ3) is 3.34. The standard InChI is InChI=1S/C13H16FN3S/c1-3-11(12-5-4-10(14)6-15-12)16-7-13-17-9(2)8-18-13/h4-6,8,11,16H,3,7H2,1-2H3. The van der Waals surface area contributed by atoms with E-state index in [-0.39, 0.29) is 11.9 Å². The van der Waals surface area contributed by atoms with Crippen LogP contribution in [0.1, 0.15) is 35.8 Å². The summed E-state index contributed by atoms with van der Waals surface area (Å²) in [6, 6.07) is 3.30. The number of aryl methyl sites for hydroxylation is 1. The predicted molar refractivity (Wildman–Crippen MR) is 70.9 cm³/mol. The lowest BCUT2D eigenvalue weighted by Crippen LogP contribution is -2.21. The summed E-state index contributed by atoms with van der Waals surface area (Å²) in [6.45, 7) is 4.78. The molecule has 0 fully saturated rings. The molecule has 2 rings (SSSR count). The van der Waals surface area contributed by atoms with Crippen molar-refractivity contribution in [1.29, 1.82) is 0 Å². The van der Waals surface area contributed by atoms with Crippen LogP contribution in [0.5, 0.6) is 0 Å². The number of halogens is 1. The highest BCUT2D eigenvalue weighted by atomic mass is 32.1. The lowest BCUT2D eigenvalue weighted by molar-refractivity contribution is 0.503. The first kappa shape index (κ1) is 13.1. The molecule has 18 heavy (non-hydrogen) atoms. The smallest absolute Gasteiger partial charge is 0.141 e. The van der Waals surface area contributed by atoms with Gasteiger partial charge in [-0.25, -0.2) is 9.37 Å². The number of nitrogens with zero attached hydrogens (tertiary/aromatic N) is 2. The molecular weight excluding hydrogens is 249 g/mol. The van der Waals surface area contributed by atoms with Crippen LogP contribution in [0.15, 0.2) is 23.7 Å². The first-order valence-electron chi connectivity index (χ1n) is 5.95. The number of hydrogen-bond acceptors (Lipinski definition) is 4. The van der Waals surface area contributed by atoms with Crippen LogP contribution < -0.4 is 5.32 Å². The van der Waals surface area contributed by atoms with Crippen molar-refractivity contribution in [1.82, 2.24) is 15.3 Å². The monoisotopic (exact) mass is 265 g/mol. The minimum absolute atomic E-state index is 0.134. The summed E-state index contributed by atoms with van der Waals surface area (Å²) in [6.07, 6.45) is 2.16. The number of rotatable bonds is 5. The van der Waals surface area contributed by atoms with Gasteiger partial charge >= 0.3 is 0 Å². The Labute approximate surface area is 110 Å². The molecule has 0 aromatic carbocycles. The number of aromatic nitrogens is 2. The summed E-state index contributed by atoms with van der Waals surface area (Å²) in [5, 5.41) is 6.50. The van der Waals surface area contributed by atoms with E-state index in [1.54, 1.807) is 17.4 Å². The van der Waals surface area contributed by atoms with Gasteiger partial charge in [-0.3, -0.25) is 4.98 Å². The van der Waals surface area contributed by atoms with Crippen molar-refractivity contribution in [2.24, 2.45) is 0 Å². The van der Waals surface area contributed by atoms with E-state index in [9.17, 15) is 4.39 Å². The van der Waals surface area contributed by atoms with Gasteiger partial charge in [-0.2, -0.15) is 0 Å². The minimum atomic E-state index is -0.302. The summed E-state index contributed by atoms with van der Waals surface area (Å²) in [5.74, 6) is -0.302. The number of nitrogens with one attached hydrogen (secondary N) is 1. The Morgan fingerprint density at radius 1 is 1.44 bits per heavy atom. The van der Waals surface area contributed by atoms with Crippen molar-refractivity contribution in [3.8, 4) is 0 Å². The molecule has 2 aromatic rings. The Morgan fingerprint density at radius 2 is 2.28 bits per heavy atom. The molecule has 0 spiro atoms. The van der Waals surface area contributed by atoms with Gasteiger partial charge in [0.15, 0.2) is 0 Å². The van der Waals surface area contributed by atoms with Crippen LogP contribution in [0, 0.1) is 12.7 Å². The fourth-order valence-corrected chi connectivity index (χ4v) is 2.47. The van der Waals surface area contributed by atoms with Gasteiger partial charge in [0.1, 0.15) is 10.8 Å². The minimum Gasteiger partial charge on any atom is -0.302 e. The molecule has 2 aromatic heterocycles. The summed E-state index contributed by atoms with van der Waals surface area (Å²) < 4.78 is 12.8. The van der Waals surface area contributed by atoms with Crippen molar-refractivity contribution in [3.05, 3.63) is 45.9 Å². The SMILES string of the molecule is CCC(NCc1nc(C)cs1)c1ccc(F)cn1. The normalized spacial score (nSPS) is 12.6. The molecule has 1 unspecified atom stereocenters. The van der Waals surface area contributed by atoms with Crippen LogP contribution in [0.2, 0.25) is 0 Å². The number of pyridine rings is 1. The third-order valence-corrected chi connectivity index (χ3v) is 3.65. The molecule has 0 saturated carbocycles. The van der Waals surface area contributed by atoms with Crippen molar-refractivity contribution in [3.63, 3.8) is 0 Å². The molecule has 0 aliphatic carbocycles. The molecule has 3 nitrogen and oxygen atoms in total. The van der Waals surface area contributed by atoms with E-state index in [0.29, 0.717) is 0 Å². The lowest BCUT2D eigenvalue weighted by atomic mass is 10.1. The van der Waals surface area contributed by atoms with Crippen LogP contribution in [-0.2, 0) is 6.54 Å². The largest absolute Gasteiger partial charge is 0.302 e. The average molecular weight is 265 g/mol.